The molecular formula is C20H21N3O2S2. The molecule has 1 aliphatic rings. The molecule has 1 aliphatic heterocycles. The highest BCUT2D eigenvalue weighted by Gasteiger charge is 2.37. The summed E-state index contributed by atoms with van der Waals surface area (Å²) in [5, 5.41) is 2.81. The monoisotopic (exact) mass is 399 g/mol. The summed E-state index contributed by atoms with van der Waals surface area (Å²) in [4.78, 5) is 34.8. The second-order valence-corrected chi connectivity index (χ2v) is 8.79. The minimum absolute atomic E-state index is 0.0100. The normalized spacial score (nSPS) is 18.0. The SMILES string of the molecule is C[C@H](c1nc2ccccc2s1)N(C)C(=O)[C@@H]1CCCN1C(=O)c1cccs1. The van der Waals surface area contributed by atoms with Crippen LogP contribution in [-0.4, -0.2) is 46.2 Å². The molecule has 7 heteroatoms. The lowest BCUT2D eigenvalue weighted by atomic mass is 10.1. The molecule has 4 rings (SSSR count). The number of benzene rings is 1. The van der Waals surface area contributed by atoms with Crippen LogP contribution in [-0.2, 0) is 4.79 Å². The van der Waals surface area contributed by atoms with Gasteiger partial charge in [-0.05, 0) is 43.3 Å². The van der Waals surface area contributed by atoms with E-state index in [1.807, 2.05) is 55.7 Å². The van der Waals surface area contributed by atoms with Crippen LogP contribution in [0.1, 0.15) is 40.5 Å². The fraction of sp³-hybridized carbons (Fsp3) is 0.350. The van der Waals surface area contributed by atoms with Gasteiger partial charge in [-0.3, -0.25) is 9.59 Å². The average molecular weight is 400 g/mol. The van der Waals surface area contributed by atoms with Gasteiger partial charge in [0.25, 0.3) is 5.91 Å². The van der Waals surface area contributed by atoms with Crippen molar-refractivity contribution in [1.82, 2.24) is 14.8 Å². The second-order valence-electron chi connectivity index (χ2n) is 6.78. The standard InChI is InChI=1S/C20H21N3O2S2/c1-13(18-21-14-7-3-4-9-16(14)27-18)22(2)19(24)15-8-5-11-23(15)20(25)17-10-6-12-26-17/h3-4,6-7,9-10,12-13,15H,5,8,11H2,1-2H3/t13-,15+/m1/s1. The molecule has 1 aromatic carbocycles. The van der Waals surface area contributed by atoms with E-state index in [-0.39, 0.29) is 23.9 Å². The number of likely N-dealkylation sites (tertiary alicyclic amines) is 1. The molecule has 0 unspecified atom stereocenters. The number of likely N-dealkylation sites (N-methyl/N-ethyl adjacent to an activating group) is 1. The Bertz CT molecular complexity index is 934. The summed E-state index contributed by atoms with van der Waals surface area (Å²) in [6.45, 7) is 2.63. The summed E-state index contributed by atoms with van der Waals surface area (Å²) < 4.78 is 1.12. The van der Waals surface area contributed by atoms with Gasteiger partial charge < -0.3 is 9.80 Å². The highest BCUT2D eigenvalue weighted by Crippen LogP contribution is 2.31. The van der Waals surface area contributed by atoms with E-state index < -0.39 is 0 Å². The number of carbonyl (C=O) groups is 2. The molecule has 0 radical (unpaired) electrons. The number of thiazole rings is 1. The van der Waals surface area contributed by atoms with Crippen molar-refractivity contribution in [1.29, 1.82) is 0 Å². The zero-order chi connectivity index (χ0) is 19.0. The van der Waals surface area contributed by atoms with E-state index in [1.54, 1.807) is 21.1 Å². The van der Waals surface area contributed by atoms with Crippen molar-refractivity contribution in [2.24, 2.45) is 0 Å². The zero-order valence-electron chi connectivity index (χ0n) is 15.3. The number of hydrogen-bond donors (Lipinski definition) is 0. The first-order valence-corrected chi connectivity index (χ1v) is 10.7. The number of fused-ring (bicyclic) bond motifs is 1. The van der Waals surface area contributed by atoms with Crippen LogP contribution in [0.2, 0.25) is 0 Å². The van der Waals surface area contributed by atoms with Crippen LogP contribution >= 0.6 is 22.7 Å². The number of nitrogens with zero attached hydrogens (tertiary/aromatic N) is 3. The molecular weight excluding hydrogens is 378 g/mol. The highest BCUT2D eigenvalue weighted by atomic mass is 32.1. The number of rotatable bonds is 4. The smallest absolute Gasteiger partial charge is 0.264 e. The molecule has 0 aliphatic carbocycles. The van der Waals surface area contributed by atoms with Gasteiger partial charge >= 0.3 is 0 Å². The molecule has 1 fully saturated rings. The van der Waals surface area contributed by atoms with Gasteiger partial charge in [-0.25, -0.2) is 4.98 Å². The Balaban J connectivity index is 1.53. The topological polar surface area (TPSA) is 53.5 Å². The molecule has 0 saturated carbocycles. The summed E-state index contributed by atoms with van der Waals surface area (Å²) >= 11 is 3.04. The van der Waals surface area contributed by atoms with Crippen molar-refractivity contribution >= 4 is 44.7 Å². The molecule has 0 N–H and O–H groups in total. The summed E-state index contributed by atoms with van der Waals surface area (Å²) in [5.74, 6) is -0.0500. The third-order valence-corrected chi connectivity index (χ3v) is 7.19. The van der Waals surface area contributed by atoms with E-state index in [9.17, 15) is 9.59 Å². The third-order valence-electron chi connectivity index (χ3n) is 5.13. The van der Waals surface area contributed by atoms with Crippen molar-refractivity contribution < 1.29 is 9.59 Å². The Morgan fingerprint density at radius 2 is 2.07 bits per heavy atom. The minimum atomic E-state index is -0.388. The predicted octanol–water partition coefficient (Wildman–Crippen LogP) is 4.18. The maximum Gasteiger partial charge on any atom is 0.264 e. The molecule has 0 bridgehead atoms. The second kappa shape index (κ2) is 7.40. The molecule has 3 heterocycles. The Labute approximate surface area is 166 Å². The largest absolute Gasteiger partial charge is 0.335 e. The summed E-state index contributed by atoms with van der Waals surface area (Å²) in [7, 11) is 1.81. The number of amides is 2. The van der Waals surface area contributed by atoms with E-state index in [4.69, 9.17) is 0 Å². The molecule has 5 nitrogen and oxygen atoms in total. The van der Waals surface area contributed by atoms with E-state index in [0.29, 0.717) is 17.8 Å². The Hall–Kier alpha value is -2.25. The van der Waals surface area contributed by atoms with Crippen LogP contribution in [0.4, 0.5) is 0 Å². The maximum atomic E-state index is 13.2. The molecule has 2 aromatic heterocycles. The number of para-hydroxylation sites is 1. The first-order valence-electron chi connectivity index (χ1n) is 9.03. The van der Waals surface area contributed by atoms with Crippen LogP contribution in [0.3, 0.4) is 0 Å². The van der Waals surface area contributed by atoms with Crippen LogP contribution in [0.25, 0.3) is 10.2 Å². The molecule has 27 heavy (non-hydrogen) atoms. The van der Waals surface area contributed by atoms with Gasteiger partial charge in [-0.15, -0.1) is 22.7 Å². The van der Waals surface area contributed by atoms with Crippen LogP contribution in [0.5, 0.6) is 0 Å². The summed E-state index contributed by atoms with van der Waals surface area (Å²) in [6, 6.07) is 11.2. The average Bonchev–Trinajstić information content (AvgIpc) is 3.45. The molecule has 2 amide bonds. The van der Waals surface area contributed by atoms with Gasteiger partial charge in [-0.1, -0.05) is 18.2 Å². The Kier molecular flexibility index (Phi) is 4.97. The maximum absolute atomic E-state index is 13.2. The predicted molar refractivity (Wildman–Crippen MR) is 109 cm³/mol. The van der Waals surface area contributed by atoms with Crippen molar-refractivity contribution in [3.8, 4) is 0 Å². The number of aromatic nitrogens is 1. The molecule has 0 spiro atoms. The lowest BCUT2D eigenvalue weighted by molar-refractivity contribution is -0.135. The third kappa shape index (κ3) is 3.37. The summed E-state index contributed by atoms with van der Waals surface area (Å²) in [6.07, 6.45) is 1.57. The van der Waals surface area contributed by atoms with Crippen molar-refractivity contribution in [3.05, 3.63) is 51.7 Å². The molecule has 140 valence electrons. The van der Waals surface area contributed by atoms with Gasteiger partial charge in [0, 0.05) is 13.6 Å². The molecule has 1 saturated heterocycles. The number of hydrogen-bond acceptors (Lipinski definition) is 5. The van der Waals surface area contributed by atoms with Crippen molar-refractivity contribution in [3.63, 3.8) is 0 Å². The van der Waals surface area contributed by atoms with Crippen molar-refractivity contribution in [2.45, 2.75) is 31.8 Å². The number of carbonyl (C=O) groups excluding carboxylic acids is 2. The van der Waals surface area contributed by atoms with Gasteiger partial charge in [0.1, 0.15) is 11.0 Å². The first-order chi connectivity index (χ1) is 13.1. The van der Waals surface area contributed by atoms with Crippen LogP contribution in [0.15, 0.2) is 41.8 Å². The van der Waals surface area contributed by atoms with Crippen molar-refractivity contribution in [2.75, 3.05) is 13.6 Å². The van der Waals surface area contributed by atoms with Crippen LogP contribution < -0.4 is 0 Å². The van der Waals surface area contributed by atoms with E-state index in [0.717, 1.165) is 21.6 Å². The van der Waals surface area contributed by atoms with Gasteiger partial charge in [0.15, 0.2) is 0 Å². The van der Waals surface area contributed by atoms with E-state index in [1.165, 1.54) is 11.3 Å². The molecule has 2 atom stereocenters. The zero-order valence-corrected chi connectivity index (χ0v) is 16.9. The lowest BCUT2D eigenvalue weighted by Gasteiger charge is -2.30. The highest BCUT2D eigenvalue weighted by molar-refractivity contribution is 7.18. The van der Waals surface area contributed by atoms with E-state index in [2.05, 4.69) is 4.98 Å². The van der Waals surface area contributed by atoms with Gasteiger partial charge in [0.2, 0.25) is 5.91 Å². The fourth-order valence-corrected chi connectivity index (χ4v) is 5.21. The number of thiophene rings is 1. The summed E-state index contributed by atoms with van der Waals surface area (Å²) in [5.41, 5.74) is 0.959. The lowest BCUT2D eigenvalue weighted by Crippen LogP contribution is -2.47. The Morgan fingerprint density at radius 1 is 1.26 bits per heavy atom. The minimum Gasteiger partial charge on any atom is -0.335 e. The van der Waals surface area contributed by atoms with E-state index >= 15 is 0 Å². The van der Waals surface area contributed by atoms with Gasteiger partial charge in [0.05, 0.1) is 21.1 Å². The first kappa shape index (κ1) is 18.1. The van der Waals surface area contributed by atoms with Crippen LogP contribution in [0, 0.1) is 0 Å². The fourth-order valence-electron chi connectivity index (χ4n) is 3.47. The van der Waals surface area contributed by atoms with Gasteiger partial charge in [-0.2, -0.15) is 0 Å². The molecule has 3 aromatic rings. The Morgan fingerprint density at radius 3 is 2.81 bits per heavy atom. The quantitative estimate of drug-likeness (QED) is 0.661.